The van der Waals surface area contributed by atoms with Crippen LogP contribution < -0.4 is 4.90 Å². The molecular weight excluding hydrogens is 288 g/mol. The number of aromatic nitrogens is 3. The number of anilines is 1. The normalized spacial score (nSPS) is 16.4. The van der Waals surface area contributed by atoms with Crippen LogP contribution in [0.5, 0.6) is 0 Å². The summed E-state index contributed by atoms with van der Waals surface area (Å²) in [6.07, 6.45) is 4.31. The minimum atomic E-state index is -0.0461. The molecule has 1 N–H and O–H groups in total. The number of hydrogen-bond donors (Lipinski definition) is 1. The molecule has 4 rings (SSSR count). The fourth-order valence-electron chi connectivity index (χ4n) is 3.11. The number of aromatic amines is 1. The van der Waals surface area contributed by atoms with E-state index in [1.807, 2.05) is 35.2 Å². The molecule has 1 amide bonds. The minimum Gasteiger partial charge on any atom is -0.304 e. The maximum absolute atomic E-state index is 12.9. The lowest BCUT2D eigenvalue weighted by molar-refractivity contribution is 0.0976. The van der Waals surface area contributed by atoms with Crippen LogP contribution in [0.4, 0.5) is 5.69 Å². The van der Waals surface area contributed by atoms with E-state index in [0.717, 1.165) is 23.4 Å². The highest BCUT2D eigenvalue weighted by molar-refractivity contribution is 6.07. The van der Waals surface area contributed by atoms with Crippen LogP contribution in [0.1, 0.15) is 23.0 Å². The predicted molar refractivity (Wildman–Crippen MR) is 88.2 cm³/mol. The van der Waals surface area contributed by atoms with Crippen molar-refractivity contribution < 1.29 is 4.79 Å². The lowest BCUT2D eigenvalue weighted by Crippen LogP contribution is -2.35. The Kier molecular flexibility index (Phi) is 3.19. The fraction of sp³-hybridized carbons (Fsp3) is 0.167. The molecule has 0 aliphatic carbocycles. The van der Waals surface area contributed by atoms with Gasteiger partial charge in [0.05, 0.1) is 5.69 Å². The third-order valence-electron chi connectivity index (χ3n) is 4.21. The Morgan fingerprint density at radius 1 is 1.22 bits per heavy atom. The molecule has 3 heterocycles. The first kappa shape index (κ1) is 13.7. The summed E-state index contributed by atoms with van der Waals surface area (Å²) in [6.45, 7) is 2.07. The first-order valence-electron chi connectivity index (χ1n) is 7.61. The van der Waals surface area contributed by atoms with Crippen molar-refractivity contribution in [2.75, 3.05) is 4.90 Å². The Hall–Kier alpha value is -2.95. The average molecular weight is 304 g/mol. The van der Waals surface area contributed by atoms with Gasteiger partial charge in [-0.2, -0.15) is 5.10 Å². The van der Waals surface area contributed by atoms with Gasteiger partial charge in [0.1, 0.15) is 5.69 Å². The fourth-order valence-corrected chi connectivity index (χ4v) is 3.11. The quantitative estimate of drug-likeness (QED) is 0.791. The SMILES string of the molecule is C[C@H]1Cc2ccccc2N1C(=O)c1cc(-c2ccncc2)n[nH]1. The van der Waals surface area contributed by atoms with Gasteiger partial charge in [-0.05, 0) is 43.2 Å². The van der Waals surface area contributed by atoms with Crippen molar-refractivity contribution in [3.63, 3.8) is 0 Å². The zero-order valence-electron chi connectivity index (χ0n) is 12.7. The number of carbonyl (C=O) groups is 1. The van der Waals surface area contributed by atoms with E-state index >= 15 is 0 Å². The van der Waals surface area contributed by atoms with Gasteiger partial charge in [-0.15, -0.1) is 0 Å². The van der Waals surface area contributed by atoms with Crippen molar-refractivity contribution in [2.45, 2.75) is 19.4 Å². The molecule has 114 valence electrons. The number of H-pyrrole nitrogens is 1. The molecule has 0 fully saturated rings. The predicted octanol–water partition coefficient (Wildman–Crippen LogP) is 3.06. The summed E-state index contributed by atoms with van der Waals surface area (Å²) in [4.78, 5) is 18.8. The van der Waals surface area contributed by atoms with Gasteiger partial charge in [0.2, 0.25) is 0 Å². The zero-order chi connectivity index (χ0) is 15.8. The Labute approximate surface area is 134 Å². The Morgan fingerprint density at radius 2 is 2.00 bits per heavy atom. The summed E-state index contributed by atoms with van der Waals surface area (Å²) in [7, 11) is 0. The second kappa shape index (κ2) is 5.35. The summed E-state index contributed by atoms with van der Waals surface area (Å²) in [5, 5.41) is 7.13. The molecule has 5 heteroatoms. The van der Waals surface area contributed by atoms with Gasteiger partial charge in [-0.3, -0.25) is 14.9 Å². The minimum absolute atomic E-state index is 0.0461. The van der Waals surface area contributed by atoms with Gasteiger partial charge in [0.15, 0.2) is 0 Å². The molecule has 0 bridgehead atoms. The van der Waals surface area contributed by atoms with Crippen LogP contribution in [-0.2, 0) is 6.42 Å². The van der Waals surface area contributed by atoms with Crippen LogP contribution in [0, 0.1) is 0 Å². The number of benzene rings is 1. The van der Waals surface area contributed by atoms with Crippen molar-refractivity contribution in [1.82, 2.24) is 15.2 Å². The molecule has 1 aliphatic heterocycles. The summed E-state index contributed by atoms with van der Waals surface area (Å²) in [6, 6.07) is 13.7. The number of hydrogen-bond acceptors (Lipinski definition) is 3. The number of para-hydroxylation sites is 1. The van der Waals surface area contributed by atoms with Gasteiger partial charge < -0.3 is 4.90 Å². The second-order valence-corrected chi connectivity index (χ2v) is 5.76. The maximum atomic E-state index is 12.9. The van der Waals surface area contributed by atoms with Gasteiger partial charge in [-0.25, -0.2) is 0 Å². The number of pyridine rings is 1. The third kappa shape index (κ3) is 2.30. The van der Waals surface area contributed by atoms with Gasteiger partial charge in [0.25, 0.3) is 5.91 Å². The lowest BCUT2D eigenvalue weighted by atomic mass is 10.1. The molecule has 1 atom stereocenters. The molecule has 0 spiro atoms. The van der Waals surface area contributed by atoms with E-state index in [1.54, 1.807) is 18.5 Å². The molecule has 5 nitrogen and oxygen atoms in total. The third-order valence-corrected chi connectivity index (χ3v) is 4.21. The molecule has 1 aromatic carbocycles. The monoisotopic (exact) mass is 304 g/mol. The van der Waals surface area contributed by atoms with Crippen LogP contribution in [0.3, 0.4) is 0 Å². The number of amides is 1. The molecule has 0 saturated heterocycles. The maximum Gasteiger partial charge on any atom is 0.276 e. The lowest BCUT2D eigenvalue weighted by Gasteiger charge is -2.21. The summed E-state index contributed by atoms with van der Waals surface area (Å²) in [5.74, 6) is -0.0461. The van der Waals surface area contributed by atoms with Gasteiger partial charge in [-0.1, -0.05) is 18.2 Å². The van der Waals surface area contributed by atoms with Crippen LogP contribution in [0.2, 0.25) is 0 Å². The van der Waals surface area contributed by atoms with E-state index in [-0.39, 0.29) is 11.9 Å². The van der Waals surface area contributed by atoms with Crippen molar-refractivity contribution in [3.05, 3.63) is 66.1 Å². The number of nitrogens with zero attached hydrogens (tertiary/aromatic N) is 3. The number of carbonyl (C=O) groups excluding carboxylic acids is 1. The Balaban J connectivity index is 1.67. The van der Waals surface area contributed by atoms with Crippen molar-refractivity contribution in [3.8, 4) is 11.3 Å². The number of nitrogens with one attached hydrogen (secondary N) is 1. The average Bonchev–Trinajstić information content (AvgIpc) is 3.19. The van der Waals surface area contributed by atoms with E-state index in [4.69, 9.17) is 0 Å². The highest BCUT2D eigenvalue weighted by Gasteiger charge is 2.32. The molecule has 23 heavy (non-hydrogen) atoms. The number of rotatable bonds is 2. The van der Waals surface area contributed by atoms with Gasteiger partial charge >= 0.3 is 0 Å². The Bertz CT molecular complexity index is 856. The van der Waals surface area contributed by atoms with Crippen LogP contribution in [0.25, 0.3) is 11.3 Å². The van der Waals surface area contributed by atoms with E-state index in [9.17, 15) is 4.79 Å². The van der Waals surface area contributed by atoms with Gasteiger partial charge in [0, 0.05) is 29.7 Å². The standard InChI is InChI=1S/C18H16N4O/c1-12-10-14-4-2-3-5-17(14)22(12)18(23)16-11-15(20-21-16)13-6-8-19-9-7-13/h2-9,11-12H,10H2,1H3,(H,20,21)/t12-/m0/s1. The smallest absolute Gasteiger partial charge is 0.276 e. The van der Waals surface area contributed by atoms with Crippen LogP contribution >= 0.6 is 0 Å². The van der Waals surface area contributed by atoms with E-state index in [2.05, 4.69) is 28.2 Å². The van der Waals surface area contributed by atoms with Crippen LogP contribution in [0.15, 0.2) is 54.9 Å². The zero-order valence-corrected chi connectivity index (χ0v) is 12.7. The largest absolute Gasteiger partial charge is 0.304 e. The first-order chi connectivity index (χ1) is 11.2. The van der Waals surface area contributed by atoms with Crippen molar-refractivity contribution >= 4 is 11.6 Å². The summed E-state index contributed by atoms with van der Waals surface area (Å²) in [5.41, 5.74) is 4.38. The molecule has 0 saturated carbocycles. The highest BCUT2D eigenvalue weighted by Crippen LogP contribution is 2.33. The molecular formula is C18H16N4O. The van der Waals surface area contributed by atoms with E-state index in [0.29, 0.717) is 5.69 Å². The molecule has 1 aliphatic rings. The van der Waals surface area contributed by atoms with Crippen molar-refractivity contribution in [1.29, 1.82) is 0 Å². The van der Waals surface area contributed by atoms with Crippen molar-refractivity contribution in [2.24, 2.45) is 0 Å². The number of fused-ring (bicyclic) bond motifs is 1. The second-order valence-electron chi connectivity index (χ2n) is 5.76. The summed E-state index contributed by atoms with van der Waals surface area (Å²) >= 11 is 0. The van der Waals surface area contributed by atoms with E-state index < -0.39 is 0 Å². The van der Waals surface area contributed by atoms with Crippen LogP contribution in [-0.4, -0.2) is 27.1 Å². The topological polar surface area (TPSA) is 61.9 Å². The molecule has 0 unspecified atom stereocenters. The van der Waals surface area contributed by atoms with E-state index in [1.165, 1.54) is 5.56 Å². The first-order valence-corrected chi connectivity index (χ1v) is 7.61. The Morgan fingerprint density at radius 3 is 2.83 bits per heavy atom. The summed E-state index contributed by atoms with van der Waals surface area (Å²) < 4.78 is 0. The molecule has 3 aromatic rings. The highest BCUT2D eigenvalue weighted by atomic mass is 16.2. The molecule has 2 aromatic heterocycles. The molecule has 0 radical (unpaired) electrons.